The molecule has 1 aromatic heterocycles. The van der Waals surface area contributed by atoms with Crippen LogP contribution in [0.5, 0.6) is 0 Å². The molecule has 0 saturated heterocycles. The molecule has 14 heavy (non-hydrogen) atoms. The first-order chi connectivity index (χ1) is 6.75. The van der Waals surface area contributed by atoms with Crippen molar-refractivity contribution in [1.82, 2.24) is 4.98 Å². The molecule has 2 rings (SSSR count). The summed E-state index contributed by atoms with van der Waals surface area (Å²) >= 11 is 9.28. The minimum Gasteiger partial charge on any atom is -0.380 e. The summed E-state index contributed by atoms with van der Waals surface area (Å²) in [7, 11) is 0. The molecule has 1 N–H and O–H groups in total. The lowest BCUT2D eigenvalue weighted by atomic mass is 10.2. The van der Waals surface area contributed by atoms with Crippen LogP contribution in [0.25, 0.3) is 0 Å². The number of nitrogens with one attached hydrogen (secondary N) is 1. The van der Waals surface area contributed by atoms with E-state index in [-0.39, 0.29) is 0 Å². The van der Waals surface area contributed by atoms with E-state index in [0.717, 1.165) is 10.3 Å². The third kappa shape index (κ3) is 2.39. The molecule has 0 atom stereocenters. The van der Waals surface area contributed by atoms with E-state index in [0.29, 0.717) is 11.1 Å². The Morgan fingerprint density at radius 3 is 2.86 bits per heavy atom. The van der Waals surface area contributed by atoms with Crippen LogP contribution in [-0.4, -0.2) is 11.0 Å². The van der Waals surface area contributed by atoms with E-state index in [1.165, 1.54) is 25.7 Å². The van der Waals surface area contributed by atoms with Crippen molar-refractivity contribution in [2.24, 2.45) is 0 Å². The highest BCUT2D eigenvalue weighted by molar-refractivity contribution is 9.10. The van der Waals surface area contributed by atoms with Crippen LogP contribution in [0.4, 0.5) is 5.69 Å². The smallest absolute Gasteiger partial charge is 0.129 e. The molecule has 1 aliphatic rings. The fraction of sp³-hybridized carbons (Fsp3) is 0.500. The van der Waals surface area contributed by atoms with Gasteiger partial charge in [0.25, 0.3) is 0 Å². The minimum absolute atomic E-state index is 0.589. The molecule has 0 amide bonds. The number of nitrogens with zero attached hydrogens (tertiary/aromatic N) is 1. The third-order valence-electron chi connectivity index (χ3n) is 2.52. The van der Waals surface area contributed by atoms with E-state index in [1.807, 2.05) is 6.07 Å². The molecule has 0 bridgehead atoms. The van der Waals surface area contributed by atoms with E-state index >= 15 is 0 Å². The molecule has 1 saturated carbocycles. The third-order valence-corrected chi connectivity index (χ3v) is 3.36. The zero-order valence-corrected chi connectivity index (χ0v) is 10.1. The second-order valence-electron chi connectivity index (χ2n) is 3.62. The number of hydrogen-bond donors (Lipinski definition) is 1. The topological polar surface area (TPSA) is 24.9 Å². The first-order valence-electron chi connectivity index (χ1n) is 4.83. The van der Waals surface area contributed by atoms with Gasteiger partial charge in [-0.2, -0.15) is 0 Å². The highest BCUT2D eigenvalue weighted by atomic mass is 79.9. The fourth-order valence-corrected chi connectivity index (χ4v) is 2.30. The molecule has 1 aliphatic carbocycles. The average Bonchev–Trinajstić information content (AvgIpc) is 2.64. The monoisotopic (exact) mass is 274 g/mol. The minimum atomic E-state index is 0.589. The van der Waals surface area contributed by atoms with Gasteiger partial charge in [-0.1, -0.05) is 24.4 Å². The molecule has 1 fully saturated rings. The molecule has 2 nitrogen and oxygen atoms in total. The van der Waals surface area contributed by atoms with Crippen LogP contribution in [0, 0.1) is 0 Å². The van der Waals surface area contributed by atoms with Crippen molar-refractivity contribution in [1.29, 1.82) is 0 Å². The van der Waals surface area contributed by atoms with Crippen molar-refractivity contribution in [3.05, 3.63) is 21.9 Å². The van der Waals surface area contributed by atoms with Gasteiger partial charge >= 0.3 is 0 Å². The van der Waals surface area contributed by atoms with Crippen molar-refractivity contribution in [2.75, 3.05) is 5.32 Å². The summed E-state index contributed by atoms with van der Waals surface area (Å²) in [5.74, 6) is 0. The first kappa shape index (κ1) is 10.2. The van der Waals surface area contributed by atoms with Crippen LogP contribution in [-0.2, 0) is 0 Å². The van der Waals surface area contributed by atoms with Gasteiger partial charge in [0.2, 0.25) is 0 Å². The first-order valence-corrected chi connectivity index (χ1v) is 6.00. The van der Waals surface area contributed by atoms with Gasteiger partial charge in [-0.25, -0.2) is 4.98 Å². The lowest BCUT2D eigenvalue weighted by molar-refractivity contribution is 0.754. The van der Waals surface area contributed by atoms with Crippen molar-refractivity contribution >= 4 is 33.2 Å². The second-order valence-corrected chi connectivity index (χ2v) is 4.81. The molecular formula is C10H12BrClN2. The fourth-order valence-electron chi connectivity index (χ4n) is 1.81. The SMILES string of the molecule is Clc1cnc(Br)c(NC2CCCC2)c1. The van der Waals surface area contributed by atoms with Crippen LogP contribution in [0.3, 0.4) is 0 Å². The van der Waals surface area contributed by atoms with Crippen molar-refractivity contribution < 1.29 is 0 Å². The predicted octanol–water partition coefficient (Wildman–Crippen LogP) is 3.85. The number of halogens is 2. The highest BCUT2D eigenvalue weighted by Gasteiger charge is 2.15. The largest absolute Gasteiger partial charge is 0.380 e. The number of pyridine rings is 1. The molecule has 0 spiro atoms. The summed E-state index contributed by atoms with van der Waals surface area (Å²) in [6.45, 7) is 0. The van der Waals surface area contributed by atoms with E-state index in [1.54, 1.807) is 6.20 Å². The van der Waals surface area contributed by atoms with Crippen molar-refractivity contribution in [3.63, 3.8) is 0 Å². The molecule has 4 heteroatoms. The number of aromatic nitrogens is 1. The second kappa shape index (κ2) is 4.49. The Morgan fingerprint density at radius 1 is 1.43 bits per heavy atom. The summed E-state index contributed by atoms with van der Waals surface area (Å²) in [5.41, 5.74) is 1.00. The Morgan fingerprint density at radius 2 is 2.14 bits per heavy atom. The molecule has 76 valence electrons. The Labute approximate surface area is 97.2 Å². The van der Waals surface area contributed by atoms with Crippen LogP contribution in [0.1, 0.15) is 25.7 Å². The maximum absolute atomic E-state index is 5.88. The Kier molecular flexibility index (Phi) is 3.29. The number of rotatable bonds is 2. The summed E-state index contributed by atoms with van der Waals surface area (Å²) in [4.78, 5) is 4.14. The standard InChI is InChI=1S/C10H12BrClN2/c11-10-9(5-7(12)6-13-10)14-8-3-1-2-4-8/h5-6,8,14H,1-4H2. The van der Waals surface area contributed by atoms with Gasteiger partial charge in [0, 0.05) is 12.2 Å². The van der Waals surface area contributed by atoms with Gasteiger partial charge in [0.05, 0.1) is 10.7 Å². The van der Waals surface area contributed by atoms with E-state index in [4.69, 9.17) is 11.6 Å². The Hall–Kier alpha value is -0.280. The van der Waals surface area contributed by atoms with Gasteiger partial charge in [0.15, 0.2) is 0 Å². The summed E-state index contributed by atoms with van der Waals surface area (Å²) in [5, 5.41) is 4.13. The molecule has 0 radical (unpaired) electrons. The van der Waals surface area contributed by atoms with E-state index < -0.39 is 0 Å². The normalized spacial score (nSPS) is 17.3. The van der Waals surface area contributed by atoms with Crippen molar-refractivity contribution in [2.45, 2.75) is 31.7 Å². The quantitative estimate of drug-likeness (QED) is 0.829. The predicted molar refractivity (Wildman–Crippen MR) is 62.8 cm³/mol. The maximum Gasteiger partial charge on any atom is 0.129 e. The molecule has 0 aromatic carbocycles. The van der Waals surface area contributed by atoms with E-state index in [2.05, 4.69) is 26.2 Å². The van der Waals surface area contributed by atoms with Gasteiger partial charge in [-0.3, -0.25) is 0 Å². The van der Waals surface area contributed by atoms with Crippen LogP contribution in [0.2, 0.25) is 5.02 Å². The van der Waals surface area contributed by atoms with Crippen molar-refractivity contribution in [3.8, 4) is 0 Å². The Bertz CT molecular complexity index is 324. The zero-order valence-electron chi connectivity index (χ0n) is 7.76. The zero-order chi connectivity index (χ0) is 9.97. The summed E-state index contributed by atoms with van der Waals surface area (Å²) in [6, 6.07) is 2.50. The van der Waals surface area contributed by atoms with Gasteiger partial charge in [0.1, 0.15) is 4.60 Å². The molecule has 1 heterocycles. The van der Waals surface area contributed by atoms with Crippen LogP contribution < -0.4 is 5.32 Å². The number of anilines is 1. The average molecular weight is 276 g/mol. The molecule has 0 aliphatic heterocycles. The van der Waals surface area contributed by atoms with E-state index in [9.17, 15) is 0 Å². The van der Waals surface area contributed by atoms with Gasteiger partial charge in [-0.05, 0) is 34.8 Å². The summed E-state index contributed by atoms with van der Waals surface area (Å²) in [6.07, 6.45) is 6.79. The summed E-state index contributed by atoms with van der Waals surface area (Å²) < 4.78 is 0.841. The van der Waals surface area contributed by atoms with Crippen LogP contribution >= 0.6 is 27.5 Å². The van der Waals surface area contributed by atoms with Gasteiger partial charge < -0.3 is 5.32 Å². The molecule has 1 aromatic rings. The molecular weight excluding hydrogens is 263 g/mol. The lowest BCUT2D eigenvalue weighted by Crippen LogP contribution is -2.14. The van der Waals surface area contributed by atoms with Crippen LogP contribution in [0.15, 0.2) is 16.9 Å². The molecule has 0 unspecified atom stereocenters. The maximum atomic E-state index is 5.88. The Balaban J connectivity index is 2.10. The lowest BCUT2D eigenvalue weighted by Gasteiger charge is -2.14. The highest BCUT2D eigenvalue weighted by Crippen LogP contribution is 2.27. The number of hydrogen-bond acceptors (Lipinski definition) is 2. The van der Waals surface area contributed by atoms with Gasteiger partial charge in [-0.15, -0.1) is 0 Å².